The molecule has 1 saturated carbocycles. The summed E-state index contributed by atoms with van der Waals surface area (Å²) in [5.74, 6) is 1.30. The Bertz CT molecular complexity index is 605. The topological polar surface area (TPSA) is 64.9 Å². The van der Waals surface area contributed by atoms with Crippen LogP contribution in [-0.4, -0.2) is 15.7 Å². The van der Waals surface area contributed by atoms with Gasteiger partial charge >= 0.3 is 0 Å². The highest BCUT2D eigenvalue weighted by molar-refractivity contribution is 6.31. The summed E-state index contributed by atoms with van der Waals surface area (Å²) >= 11 is 6.15. The summed E-state index contributed by atoms with van der Waals surface area (Å²) < 4.78 is 5.36. The standard InChI is InChI=1S/C16H20ClN3O/c17-13-7-3-2-6-12(13)10-14-19-15(21-20-14)11-16(18)8-4-1-5-9-16/h2-3,6-7H,1,4-5,8-11,18H2. The molecule has 1 aromatic heterocycles. The number of hydrogen-bond donors (Lipinski definition) is 1. The van der Waals surface area contributed by atoms with Gasteiger partial charge in [-0.3, -0.25) is 0 Å². The fourth-order valence-corrected chi connectivity index (χ4v) is 3.18. The summed E-state index contributed by atoms with van der Waals surface area (Å²) in [7, 11) is 0. The second kappa shape index (κ2) is 6.16. The SMILES string of the molecule is NC1(Cc2nc(Cc3ccccc3Cl)no2)CCCCC1. The zero-order valence-electron chi connectivity index (χ0n) is 12.0. The molecular weight excluding hydrogens is 286 g/mol. The minimum absolute atomic E-state index is 0.174. The molecule has 2 N–H and O–H groups in total. The van der Waals surface area contributed by atoms with E-state index >= 15 is 0 Å². The van der Waals surface area contributed by atoms with Crippen LogP contribution >= 0.6 is 11.6 Å². The molecule has 0 saturated heterocycles. The van der Waals surface area contributed by atoms with Crippen LogP contribution in [0.4, 0.5) is 0 Å². The van der Waals surface area contributed by atoms with Gasteiger partial charge in [0.05, 0.1) is 0 Å². The highest BCUT2D eigenvalue weighted by Gasteiger charge is 2.30. The number of nitrogens with zero attached hydrogens (tertiary/aromatic N) is 2. The quantitative estimate of drug-likeness (QED) is 0.938. The van der Waals surface area contributed by atoms with Crippen molar-refractivity contribution in [3.8, 4) is 0 Å². The van der Waals surface area contributed by atoms with Crippen LogP contribution in [0.25, 0.3) is 0 Å². The van der Waals surface area contributed by atoms with E-state index in [-0.39, 0.29) is 5.54 Å². The summed E-state index contributed by atoms with van der Waals surface area (Å²) in [6, 6.07) is 7.71. The predicted molar refractivity (Wildman–Crippen MR) is 82.3 cm³/mol. The van der Waals surface area contributed by atoms with Gasteiger partial charge in [-0.2, -0.15) is 4.98 Å². The first-order valence-electron chi connectivity index (χ1n) is 7.48. The maximum Gasteiger partial charge on any atom is 0.228 e. The van der Waals surface area contributed by atoms with E-state index in [4.69, 9.17) is 21.9 Å². The van der Waals surface area contributed by atoms with E-state index in [1.54, 1.807) is 0 Å². The maximum atomic E-state index is 6.43. The molecule has 0 bridgehead atoms. The van der Waals surface area contributed by atoms with Gasteiger partial charge in [0.1, 0.15) is 0 Å². The first kappa shape index (κ1) is 14.5. The highest BCUT2D eigenvalue weighted by atomic mass is 35.5. The van der Waals surface area contributed by atoms with Crippen LogP contribution in [0.1, 0.15) is 49.4 Å². The fraction of sp³-hybridized carbons (Fsp3) is 0.500. The fourth-order valence-electron chi connectivity index (χ4n) is 2.98. The molecule has 0 amide bonds. The molecule has 2 aromatic rings. The number of benzene rings is 1. The lowest BCUT2D eigenvalue weighted by molar-refractivity contribution is 0.260. The van der Waals surface area contributed by atoms with Gasteiger partial charge in [0, 0.05) is 23.4 Å². The van der Waals surface area contributed by atoms with Crippen molar-refractivity contribution in [3.63, 3.8) is 0 Å². The van der Waals surface area contributed by atoms with Crippen LogP contribution in [-0.2, 0) is 12.8 Å². The molecule has 112 valence electrons. The van der Waals surface area contributed by atoms with Crippen LogP contribution in [0.5, 0.6) is 0 Å². The summed E-state index contributed by atoms with van der Waals surface area (Å²) in [6.45, 7) is 0. The molecule has 1 aliphatic carbocycles. The lowest BCUT2D eigenvalue weighted by atomic mass is 9.80. The average Bonchev–Trinajstić information content (AvgIpc) is 2.89. The van der Waals surface area contributed by atoms with Gasteiger partial charge in [-0.25, -0.2) is 0 Å². The molecule has 21 heavy (non-hydrogen) atoms. The zero-order valence-corrected chi connectivity index (χ0v) is 12.8. The number of hydrogen-bond acceptors (Lipinski definition) is 4. The van der Waals surface area contributed by atoms with Crippen molar-refractivity contribution in [2.45, 2.75) is 50.5 Å². The Hall–Kier alpha value is -1.39. The largest absolute Gasteiger partial charge is 0.339 e. The first-order valence-corrected chi connectivity index (χ1v) is 7.86. The molecular formula is C16H20ClN3O. The number of halogens is 1. The summed E-state index contributed by atoms with van der Waals surface area (Å²) in [5, 5.41) is 4.78. The van der Waals surface area contributed by atoms with Crippen LogP contribution in [0, 0.1) is 0 Å². The lowest BCUT2D eigenvalue weighted by Gasteiger charge is -2.31. The maximum absolute atomic E-state index is 6.43. The molecule has 0 unspecified atom stereocenters. The number of rotatable bonds is 4. The molecule has 0 atom stereocenters. The molecule has 1 fully saturated rings. The van der Waals surface area contributed by atoms with Gasteiger partial charge in [0.25, 0.3) is 0 Å². The Morgan fingerprint density at radius 3 is 2.71 bits per heavy atom. The Balaban J connectivity index is 1.67. The third-order valence-electron chi connectivity index (χ3n) is 4.17. The van der Waals surface area contributed by atoms with Gasteiger partial charge in [-0.05, 0) is 24.5 Å². The van der Waals surface area contributed by atoms with Crippen LogP contribution in [0.2, 0.25) is 5.02 Å². The van der Waals surface area contributed by atoms with Gasteiger partial charge in [0.15, 0.2) is 5.82 Å². The lowest BCUT2D eigenvalue weighted by Crippen LogP contribution is -2.43. The third kappa shape index (κ3) is 3.63. The molecule has 1 aliphatic rings. The van der Waals surface area contributed by atoms with Crippen molar-refractivity contribution in [1.29, 1.82) is 0 Å². The van der Waals surface area contributed by atoms with E-state index in [2.05, 4.69) is 10.1 Å². The first-order chi connectivity index (χ1) is 10.1. The number of nitrogens with two attached hydrogens (primary N) is 1. The van der Waals surface area contributed by atoms with E-state index in [1.807, 2.05) is 24.3 Å². The smallest absolute Gasteiger partial charge is 0.228 e. The molecule has 0 spiro atoms. The van der Waals surface area contributed by atoms with E-state index in [1.165, 1.54) is 19.3 Å². The van der Waals surface area contributed by atoms with Gasteiger partial charge in [0.2, 0.25) is 5.89 Å². The summed E-state index contributed by atoms with van der Waals surface area (Å²) in [5.41, 5.74) is 7.26. The summed E-state index contributed by atoms with van der Waals surface area (Å²) in [4.78, 5) is 4.47. The number of aromatic nitrogens is 2. The normalized spacial score (nSPS) is 17.8. The van der Waals surface area contributed by atoms with Crippen LogP contribution in [0.3, 0.4) is 0 Å². The predicted octanol–water partition coefficient (Wildman–Crippen LogP) is 3.52. The Kier molecular flexibility index (Phi) is 4.27. The molecule has 3 rings (SSSR count). The molecule has 1 heterocycles. The Morgan fingerprint density at radius 1 is 1.19 bits per heavy atom. The zero-order chi connectivity index (χ0) is 14.7. The second-order valence-corrected chi connectivity index (χ2v) is 6.38. The van der Waals surface area contributed by atoms with Crippen molar-refractivity contribution in [2.75, 3.05) is 0 Å². The van der Waals surface area contributed by atoms with E-state index in [9.17, 15) is 0 Å². The summed E-state index contributed by atoms with van der Waals surface area (Å²) in [6.07, 6.45) is 6.99. The van der Waals surface area contributed by atoms with Crippen molar-refractivity contribution >= 4 is 11.6 Å². The van der Waals surface area contributed by atoms with Crippen LogP contribution in [0.15, 0.2) is 28.8 Å². The van der Waals surface area contributed by atoms with Crippen molar-refractivity contribution in [2.24, 2.45) is 5.73 Å². The average molecular weight is 306 g/mol. The van der Waals surface area contributed by atoms with E-state index in [0.717, 1.165) is 23.4 Å². The Morgan fingerprint density at radius 2 is 1.95 bits per heavy atom. The highest BCUT2D eigenvalue weighted by Crippen LogP contribution is 2.28. The molecule has 0 radical (unpaired) electrons. The molecule has 5 heteroatoms. The van der Waals surface area contributed by atoms with Gasteiger partial charge in [-0.15, -0.1) is 0 Å². The monoisotopic (exact) mass is 305 g/mol. The third-order valence-corrected chi connectivity index (χ3v) is 4.54. The van der Waals surface area contributed by atoms with Gasteiger partial charge < -0.3 is 10.3 Å². The van der Waals surface area contributed by atoms with Crippen LogP contribution < -0.4 is 5.73 Å². The van der Waals surface area contributed by atoms with Crippen molar-refractivity contribution in [1.82, 2.24) is 10.1 Å². The van der Waals surface area contributed by atoms with E-state index < -0.39 is 0 Å². The molecule has 1 aromatic carbocycles. The second-order valence-electron chi connectivity index (χ2n) is 5.97. The molecule has 4 nitrogen and oxygen atoms in total. The van der Waals surface area contributed by atoms with Gasteiger partial charge in [-0.1, -0.05) is 54.2 Å². The van der Waals surface area contributed by atoms with E-state index in [0.29, 0.717) is 24.6 Å². The van der Waals surface area contributed by atoms with Crippen molar-refractivity contribution in [3.05, 3.63) is 46.6 Å². The van der Waals surface area contributed by atoms with Crippen molar-refractivity contribution < 1.29 is 4.52 Å². The minimum atomic E-state index is -0.174. The molecule has 0 aliphatic heterocycles. The minimum Gasteiger partial charge on any atom is -0.339 e. The Labute approximate surface area is 129 Å².